The summed E-state index contributed by atoms with van der Waals surface area (Å²) < 4.78 is 44.0. The van der Waals surface area contributed by atoms with Gasteiger partial charge in [-0.3, -0.25) is 4.79 Å². The number of rotatable bonds is 2. The van der Waals surface area contributed by atoms with Gasteiger partial charge in [-0.05, 0) is 60.7 Å². The molecule has 146 valence electrons. The van der Waals surface area contributed by atoms with Gasteiger partial charge in [-0.1, -0.05) is 6.07 Å². The van der Waals surface area contributed by atoms with E-state index in [1.165, 1.54) is 12.1 Å². The maximum Gasteiger partial charge on any atom is 0.416 e. The van der Waals surface area contributed by atoms with Crippen LogP contribution in [-0.4, -0.2) is 26.9 Å². The molecule has 0 atom stereocenters. The summed E-state index contributed by atoms with van der Waals surface area (Å²) in [6.45, 7) is 1.47. The summed E-state index contributed by atoms with van der Waals surface area (Å²) >= 11 is 1.81. The normalized spacial score (nSPS) is 15.9. The molecule has 0 unspecified atom stereocenters. The van der Waals surface area contributed by atoms with Crippen LogP contribution in [-0.2, 0) is 6.18 Å². The molecule has 8 heteroatoms. The van der Waals surface area contributed by atoms with Crippen LogP contribution in [0.4, 0.5) is 18.0 Å². The highest BCUT2D eigenvalue weighted by Crippen LogP contribution is 2.34. The van der Waals surface area contributed by atoms with Crippen LogP contribution in [0, 0.1) is 0 Å². The molecule has 1 fully saturated rings. The number of hydrogen-bond donors (Lipinski definition) is 0. The van der Waals surface area contributed by atoms with Gasteiger partial charge in [-0.25, -0.2) is 4.98 Å². The van der Waals surface area contributed by atoms with Gasteiger partial charge in [0.1, 0.15) is 5.52 Å². The summed E-state index contributed by atoms with van der Waals surface area (Å²) in [5.41, 5.74) is 2.21. The molecule has 3 aromatic rings. The fourth-order valence-electron chi connectivity index (χ4n) is 3.51. The number of carbonyl (C=O) groups excluding carboxylic acids is 1. The van der Waals surface area contributed by atoms with Gasteiger partial charge >= 0.3 is 6.18 Å². The molecule has 2 aromatic carbocycles. The maximum atomic E-state index is 12.7. The standard InChI is InChI=1S/C20H16F3IN2O2/c21-20(22,23)15-4-1-13(2-5-15)18-25-16-11-14(3-6-17(16)28-18)12-7-9-26(10-8-12)19(24)27/h1-6,11-12H,7-10H2. The predicted molar refractivity (Wildman–Crippen MR) is 107 cm³/mol. The average molecular weight is 500 g/mol. The molecule has 1 saturated heterocycles. The summed E-state index contributed by atoms with van der Waals surface area (Å²) in [7, 11) is 0. The zero-order chi connectivity index (χ0) is 19.9. The monoisotopic (exact) mass is 500 g/mol. The lowest BCUT2D eigenvalue weighted by Gasteiger charge is -2.30. The second kappa shape index (κ2) is 7.38. The highest BCUT2D eigenvalue weighted by atomic mass is 127. The van der Waals surface area contributed by atoms with E-state index in [-0.39, 0.29) is 3.91 Å². The minimum atomic E-state index is -4.37. The number of nitrogens with zero attached hydrogens (tertiary/aromatic N) is 2. The van der Waals surface area contributed by atoms with Gasteiger partial charge in [0.25, 0.3) is 3.91 Å². The molecule has 0 bridgehead atoms. The minimum absolute atomic E-state index is 0.0733. The molecule has 2 heterocycles. The van der Waals surface area contributed by atoms with Crippen LogP contribution in [0.1, 0.15) is 29.9 Å². The summed E-state index contributed by atoms with van der Waals surface area (Å²) in [4.78, 5) is 17.8. The number of likely N-dealkylation sites (tertiary alicyclic amines) is 1. The van der Waals surface area contributed by atoms with Gasteiger partial charge in [-0.2, -0.15) is 13.2 Å². The summed E-state index contributed by atoms with van der Waals surface area (Å²) in [6.07, 6.45) is -2.58. The van der Waals surface area contributed by atoms with Crippen molar-refractivity contribution in [1.82, 2.24) is 9.88 Å². The Hall–Kier alpha value is -2.10. The van der Waals surface area contributed by atoms with Crippen molar-refractivity contribution in [3.05, 3.63) is 53.6 Å². The lowest BCUT2D eigenvalue weighted by atomic mass is 9.89. The van der Waals surface area contributed by atoms with Crippen molar-refractivity contribution in [2.75, 3.05) is 13.1 Å². The first kappa shape index (κ1) is 19.2. The molecule has 0 spiro atoms. The second-order valence-electron chi connectivity index (χ2n) is 6.84. The predicted octanol–water partition coefficient (Wildman–Crippen LogP) is 6.25. The fraction of sp³-hybridized carbons (Fsp3) is 0.300. The van der Waals surface area contributed by atoms with Crippen molar-refractivity contribution in [3.63, 3.8) is 0 Å². The Bertz CT molecular complexity index is 1010. The van der Waals surface area contributed by atoms with Crippen LogP contribution in [0.2, 0.25) is 0 Å². The third-order valence-electron chi connectivity index (χ3n) is 5.09. The maximum absolute atomic E-state index is 12.7. The Morgan fingerprint density at radius 3 is 2.39 bits per heavy atom. The number of hydrogen-bond acceptors (Lipinski definition) is 3. The van der Waals surface area contributed by atoms with E-state index >= 15 is 0 Å². The molecule has 0 N–H and O–H groups in total. The van der Waals surface area contributed by atoms with Gasteiger partial charge in [-0.15, -0.1) is 0 Å². The third-order valence-corrected chi connectivity index (χ3v) is 5.77. The first-order chi connectivity index (χ1) is 13.3. The number of benzene rings is 2. The Labute approximate surface area is 172 Å². The van der Waals surface area contributed by atoms with Crippen molar-refractivity contribution in [2.45, 2.75) is 24.9 Å². The van der Waals surface area contributed by atoms with Crippen LogP contribution in [0.15, 0.2) is 46.9 Å². The number of alkyl halides is 3. The smallest absolute Gasteiger partial charge is 0.416 e. The van der Waals surface area contributed by atoms with E-state index in [1.54, 1.807) is 0 Å². The van der Waals surface area contributed by atoms with E-state index in [0.29, 0.717) is 28.5 Å². The highest BCUT2D eigenvalue weighted by Gasteiger charge is 2.30. The van der Waals surface area contributed by atoms with E-state index in [4.69, 9.17) is 4.42 Å². The van der Waals surface area contributed by atoms with Gasteiger partial charge < -0.3 is 9.32 Å². The van der Waals surface area contributed by atoms with Crippen LogP contribution in [0.25, 0.3) is 22.6 Å². The molecule has 4 nitrogen and oxygen atoms in total. The quantitative estimate of drug-likeness (QED) is 0.238. The van der Waals surface area contributed by atoms with Gasteiger partial charge in [0.05, 0.1) is 5.56 Å². The lowest BCUT2D eigenvalue weighted by molar-refractivity contribution is -0.137. The summed E-state index contributed by atoms with van der Waals surface area (Å²) in [5, 5.41) is 0. The zero-order valence-electron chi connectivity index (χ0n) is 14.7. The lowest BCUT2D eigenvalue weighted by Crippen LogP contribution is -2.34. The number of halogens is 4. The SMILES string of the molecule is O=C(I)N1CCC(c2ccc3oc(-c4ccc(C(F)(F)F)cc4)nc3c2)CC1. The number of piperidine rings is 1. The number of fused-ring (bicyclic) bond motifs is 1. The molecule has 4 rings (SSSR count). The summed E-state index contributed by atoms with van der Waals surface area (Å²) in [6, 6.07) is 10.6. The van der Waals surface area contributed by atoms with Crippen LogP contribution >= 0.6 is 22.6 Å². The van der Waals surface area contributed by atoms with E-state index in [2.05, 4.69) is 4.98 Å². The number of carbonyl (C=O) groups is 1. The van der Waals surface area contributed by atoms with Gasteiger partial charge in [0.15, 0.2) is 5.58 Å². The number of amides is 1. The molecule has 1 aliphatic rings. The minimum Gasteiger partial charge on any atom is -0.436 e. The molecule has 1 amide bonds. The van der Waals surface area contributed by atoms with Crippen molar-refractivity contribution in [3.8, 4) is 11.5 Å². The Balaban J connectivity index is 1.56. The number of aromatic nitrogens is 1. The van der Waals surface area contributed by atoms with Crippen LogP contribution < -0.4 is 0 Å². The molecular weight excluding hydrogens is 484 g/mol. The van der Waals surface area contributed by atoms with E-state index in [9.17, 15) is 18.0 Å². The fourth-order valence-corrected chi connectivity index (χ4v) is 3.99. The molecule has 28 heavy (non-hydrogen) atoms. The van der Waals surface area contributed by atoms with E-state index < -0.39 is 11.7 Å². The van der Waals surface area contributed by atoms with Gasteiger partial charge in [0.2, 0.25) is 5.89 Å². The largest absolute Gasteiger partial charge is 0.436 e. The molecule has 0 radical (unpaired) electrons. The Morgan fingerprint density at radius 1 is 1.11 bits per heavy atom. The topological polar surface area (TPSA) is 46.3 Å². The first-order valence-electron chi connectivity index (χ1n) is 8.84. The van der Waals surface area contributed by atoms with E-state index in [0.717, 1.165) is 43.6 Å². The van der Waals surface area contributed by atoms with Crippen molar-refractivity contribution < 1.29 is 22.4 Å². The van der Waals surface area contributed by atoms with Gasteiger partial charge in [0, 0.05) is 41.2 Å². The molecule has 1 aromatic heterocycles. The molecular formula is C20H16F3IN2O2. The van der Waals surface area contributed by atoms with Crippen molar-refractivity contribution in [2.24, 2.45) is 0 Å². The third kappa shape index (κ3) is 3.87. The molecule has 0 aliphatic carbocycles. The van der Waals surface area contributed by atoms with Crippen LogP contribution in [0.3, 0.4) is 0 Å². The van der Waals surface area contributed by atoms with Crippen LogP contribution in [0.5, 0.6) is 0 Å². The molecule has 1 aliphatic heterocycles. The highest BCUT2D eigenvalue weighted by molar-refractivity contribution is 14.1. The first-order valence-corrected chi connectivity index (χ1v) is 9.91. The Morgan fingerprint density at radius 2 is 1.79 bits per heavy atom. The number of oxazole rings is 1. The van der Waals surface area contributed by atoms with Crippen molar-refractivity contribution in [1.29, 1.82) is 0 Å². The zero-order valence-corrected chi connectivity index (χ0v) is 16.8. The van der Waals surface area contributed by atoms with E-state index in [1.807, 2.05) is 45.7 Å². The summed E-state index contributed by atoms with van der Waals surface area (Å²) in [5.74, 6) is 0.647. The van der Waals surface area contributed by atoms with Crippen molar-refractivity contribution >= 4 is 37.6 Å². The average Bonchev–Trinajstić information content (AvgIpc) is 3.11. The Kier molecular flexibility index (Phi) is 5.07. The molecule has 0 saturated carbocycles. The second-order valence-corrected chi connectivity index (χ2v) is 7.76.